The van der Waals surface area contributed by atoms with Crippen LogP contribution in [-0.2, 0) is 4.79 Å². The number of hydrogen-bond acceptors (Lipinski definition) is 2. The number of nitrogens with zero attached hydrogens (tertiary/aromatic N) is 1. The summed E-state index contributed by atoms with van der Waals surface area (Å²) in [4.78, 5) is 26.3. The summed E-state index contributed by atoms with van der Waals surface area (Å²) in [7, 11) is 0. The van der Waals surface area contributed by atoms with Gasteiger partial charge in [-0.05, 0) is 25.2 Å². The Labute approximate surface area is 122 Å². The molecule has 1 heterocycles. The van der Waals surface area contributed by atoms with Gasteiger partial charge in [-0.15, -0.1) is 0 Å². The molecule has 2 fully saturated rings. The predicted molar refractivity (Wildman–Crippen MR) is 79.4 cm³/mol. The SMILES string of the molecule is CCCCC(CC)CN1C(=O)NC(=O)C12CCCCC2. The lowest BCUT2D eigenvalue weighted by Gasteiger charge is -2.39. The molecule has 4 nitrogen and oxygen atoms in total. The van der Waals surface area contributed by atoms with Crippen molar-refractivity contribution >= 4 is 11.9 Å². The molecule has 1 atom stereocenters. The Morgan fingerprint density at radius 1 is 1.20 bits per heavy atom. The molecule has 1 unspecified atom stereocenters. The molecule has 0 bridgehead atoms. The van der Waals surface area contributed by atoms with E-state index in [1.807, 2.05) is 4.90 Å². The molecule has 20 heavy (non-hydrogen) atoms. The topological polar surface area (TPSA) is 49.4 Å². The minimum absolute atomic E-state index is 0.0486. The summed E-state index contributed by atoms with van der Waals surface area (Å²) in [6.07, 6.45) is 9.61. The summed E-state index contributed by atoms with van der Waals surface area (Å²) >= 11 is 0. The smallest absolute Gasteiger partial charge is 0.309 e. The molecule has 1 spiro atoms. The van der Waals surface area contributed by atoms with Crippen molar-refractivity contribution < 1.29 is 9.59 Å². The van der Waals surface area contributed by atoms with Crippen LogP contribution in [0, 0.1) is 5.92 Å². The molecular weight excluding hydrogens is 252 g/mol. The molecule has 1 N–H and O–H groups in total. The van der Waals surface area contributed by atoms with Gasteiger partial charge in [-0.3, -0.25) is 10.1 Å². The summed E-state index contributed by atoms with van der Waals surface area (Å²) in [6.45, 7) is 5.12. The summed E-state index contributed by atoms with van der Waals surface area (Å²) in [5.74, 6) is 0.470. The van der Waals surface area contributed by atoms with Gasteiger partial charge >= 0.3 is 6.03 Å². The van der Waals surface area contributed by atoms with E-state index in [2.05, 4.69) is 19.2 Å². The molecule has 4 heteroatoms. The molecule has 1 aliphatic heterocycles. The van der Waals surface area contributed by atoms with Crippen molar-refractivity contribution in [3.8, 4) is 0 Å². The lowest BCUT2D eigenvalue weighted by Crippen LogP contribution is -2.52. The number of carbonyl (C=O) groups is 2. The van der Waals surface area contributed by atoms with E-state index in [1.54, 1.807) is 0 Å². The van der Waals surface area contributed by atoms with Gasteiger partial charge in [0.2, 0.25) is 0 Å². The molecule has 2 aliphatic rings. The molecule has 1 saturated heterocycles. The zero-order valence-corrected chi connectivity index (χ0v) is 12.9. The number of hydrogen-bond donors (Lipinski definition) is 1. The van der Waals surface area contributed by atoms with Crippen molar-refractivity contribution in [2.24, 2.45) is 5.92 Å². The molecule has 2 rings (SSSR count). The Bertz CT molecular complexity index is 361. The quantitative estimate of drug-likeness (QED) is 0.757. The first-order valence-corrected chi connectivity index (χ1v) is 8.27. The Morgan fingerprint density at radius 2 is 1.90 bits per heavy atom. The molecule has 0 radical (unpaired) electrons. The Hall–Kier alpha value is -1.06. The minimum Gasteiger partial charge on any atom is -0.309 e. The van der Waals surface area contributed by atoms with Gasteiger partial charge in [0, 0.05) is 6.54 Å². The van der Waals surface area contributed by atoms with Gasteiger partial charge in [0.15, 0.2) is 0 Å². The zero-order chi connectivity index (χ0) is 14.6. The van der Waals surface area contributed by atoms with Crippen LogP contribution >= 0.6 is 0 Å². The minimum atomic E-state index is -0.519. The van der Waals surface area contributed by atoms with Crippen LogP contribution in [0.2, 0.25) is 0 Å². The van der Waals surface area contributed by atoms with E-state index >= 15 is 0 Å². The highest BCUT2D eigenvalue weighted by Gasteiger charge is 2.52. The van der Waals surface area contributed by atoms with Gasteiger partial charge in [0.05, 0.1) is 0 Å². The Balaban J connectivity index is 2.10. The van der Waals surface area contributed by atoms with Crippen LogP contribution < -0.4 is 5.32 Å². The van der Waals surface area contributed by atoms with Crippen molar-refractivity contribution in [1.29, 1.82) is 0 Å². The van der Waals surface area contributed by atoms with Crippen molar-refractivity contribution in [2.45, 2.75) is 77.2 Å². The first-order valence-electron chi connectivity index (χ1n) is 8.27. The maximum absolute atomic E-state index is 12.3. The van der Waals surface area contributed by atoms with Gasteiger partial charge < -0.3 is 4.90 Å². The van der Waals surface area contributed by atoms with Crippen LogP contribution in [0.4, 0.5) is 4.79 Å². The molecule has 0 aromatic rings. The third kappa shape index (κ3) is 2.84. The van der Waals surface area contributed by atoms with E-state index in [0.29, 0.717) is 5.92 Å². The van der Waals surface area contributed by atoms with Gasteiger partial charge in [0.1, 0.15) is 5.54 Å². The average molecular weight is 280 g/mol. The van der Waals surface area contributed by atoms with Crippen LogP contribution in [0.1, 0.15) is 71.6 Å². The highest BCUT2D eigenvalue weighted by molar-refractivity contribution is 6.07. The second kappa shape index (κ2) is 6.59. The van der Waals surface area contributed by atoms with Crippen molar-refractivity contribution in [3.05, 3.63) is 0 Å². The van der Waals surface area contributed by atoms with Gasteiger partial charge in [-0.1, -0.05) is 52.4 Å². The standard InChI is InChI=1S/C16H28N2O2/c1-3-5-9-13(4-2)12-18-15(20)17-14(19)16(18)10-7-6-8-11-16/h13H,3-12H2,1-2H3,(H,17,19,20). The number of nitrogens with one attached hydrogen (secondary N) is 1. The third-order valence-electron chi connectivity index (χ3n) is 5.07. The van der Waals surface area contributed by atoms with Crippen LogP contribution in [0.25, 0.3) is 0 Å². The average Bonchev–Trinajstić information content (AvgIpc) is 2.68. The summed E-state index contributed by atoms with van der Waals surface area (Å²) in [5, 5.41) is 2.56. The van der Waals surface area contributed by atoms with Crippen molar-refractivity contribution in [2.75, 3.05) is 6.54 Å². The van der Waals surface area contributed by atoms with Crippen LogP contribution in [0.15, 0.2) is 0 Å². The predicted octanol–water partition coefficient (Wildman–Crippen LogP) is 3.46. The first-order chi connectivity index (χ1) is 9.64. The number of unbranched alkanes of at least 4 members (excludes halogenated alkanes) is 1. The number of amides is 3. The monoisotopic (exact) mass is 280 g/mol. The van der Waals surface area contributed by atoms with Gasteiger partial charge in [0.25, 0.3) is 5.91 Å². The zero-order valence-electron chi connectivity index (χ0n) is 12.9. The normalized spacial score (nSPS) is 23.2. The highest BCUT2D eigenvalue weighted by atomic mass is 16.2. The maximum atomic E-state index is 12.3. The second-order valence-electron chi connectivity index (χ2n) is 6.38. The maximum Gasteiger partial charge on any atom is 0.325 e. The summed E-state index contributed by atoms with van der Waals surface area (Å²) in [5.41, 5.74) is -0.519. The van der Waals surface area contributed by atoms with E-state index in [1.165, 1.54) is 19.3 Å². The largest absolute Gasteiger partial charge is 0.325 e. The Kier molecular flexibility index (Phi) is 5.06. The van der Waals surface area contributed by atoms with Gasteiger partial charge in [-0.25, -0.2) is 4.79 Å². The van der Waals surface area contributed by atoms with E-state index < -0.39 is 5.54 Å². The number of carbonyl (C=O) groups excluding carboxylic acids is 2. The molecule has 114 valence electrons. The molecule has 3 amide bonds. The van der Waals surface area contributed by atoms with Crippen LogP contribution in [0.3, 0.4) is 0 Å². The fourth-order valence-electron chi connectivity index (χ4n) is 3.66. The molecule has 1 saturated carbocycles. The fourth-order valence-corrected chi connectivity index (χ4v) is 3.66. The fraction of sp³-hybridized carbons (Fsp3) is 0.875. The van der Waals surface area contributed by atoms with E-state index in [0.717, 1.165) is 45.1 Å². The first kappa shape index (κ1) is 15.3. The van der Waals surface area contributed by atoms with E-state index in [4.69, 9.17) is 0 Å². The van der Waals surface area contributed by atoms with Crippen molar-refractivity contribution in [3.63, 3.8) is 0 Å². The number of urea groups is 1. The van der Waals surface area contributed by atoms with Crippen LogP contribution in [-0.4, -0.2) is 28.9 Å². The number of rotatable bonds is 6. The van der Waals surface area contributed by atoms with E-state index in [9.17, 15) is 9.59 Å². The van der Waals surface area contributed by atoms with Crippen LogP contribution in [0.5, 0.6) is 0 Å². The number of imide groups is 1. The van der Waals surface area contributed by atoms with Gasteiger partial charge in [-0.2, -0.15) is 0 Å². The molecule has 1 aliphatic carbocycles. The second-order valence-corrected chi connectivity index (χ2v) is 6.38. The molecule has 0 aromatic carbocycles. The molecule has 0 aromatic heterocycles. The summed E-state index contributed by atoms with van der Waals surface area (Å²) in [6, 6.07) is -0.160. The summed E-state index contributed by atoms with van der Waals surface area (Å²) < 4.78 is 0. The lowest BCUT2D eigenvalue weighted by molar-refractivity contribution is -0.128. The molecular formula is C16H28N2O2. The van der Waals surface area contributed by atoms with Crippen molar-refractivity contribution in [1.82, 2.24) is 10.2 Å². The third-order valence-corrected chi connectivity index (χ3v) is 5.07. The Morgan fingerprint density at radius 3 is 2.50 bits per heavy atom. The van der Waals surface area contributed by atoms with E-state index in [-0.39, 0.29) is 11.9 Å². The highest BCUT2D eigenvalue weighted by Crippen LogP contribution is 2.38. The lowest BCUT2D eigenvalue weighted by atomic mass is 9.80.